The van der Waals surface area contributed by atoms with E-state index in [0.717, 1.165) is 10.8 Å². The largest absolute Gasteiger partial charge is 0.481 e. The van der Waals surface area contributed by atoms with Gasteiger partial charge >= 0.3 is 0 Å². The first-order chi connectivity index (χ1) is 13.5. The van der Waals surface area contributed by atoms with Crippen LogP contribution in [0.1, 0.15) is 12.8 Å². The molecule has 7 nitrogen and oxygen atoms in total. The number of methoxy groups -OCH3 is 1. The van der Waals surface area contributed by atoms with E-state index in [9.17, 15) is 13.2 Å². The zero-order valence-electron chi connectivity index (χ0n) is 15.4. The van der Waals surface area contributed by atoms with Crippen molar-refractivity contribution in [2.45, 2.75) is 17.7 Å². The minimum Gasteiger partial charge on any atom is -0.481 e. The van der Waals surface area contributed by atoms with Gasteiger partial charge < -0.3 is 10.1 Å². The summed E-state index contributed by atoms with van der Waals surface area (Å²) in [5.74, 6) is 0.248. The molecule has 0 fully saturated rings. The van der Waals surface area contributed by atoms with Gasteiger partial charge in [-0.1, -0.05) is 30.3 Å². The van der Waals surface area contributed by atoms with Crippen molar-refractivity contribution >= 4 is 32.4 Å². The third kappa shape index (κ3) is 5.05. The average molecular weight is 399 g/mol. The van der Waals surface area contributed by atoms with Crippen LogP contribution in [0.25, 0.3) is 10.8 Å². The Morgan fingerprint density at radius 3 is 2.57 bits per heavy atom. The SMILES string of the molecule is COc1ccc(NC(=O)CCCNS(=O)(=O)c2ccc3ccccc3c2)cn1. The number of ether oxygens (including phenoxy) is 1. The summed E-state index contributed by atoms with van der Waals surface area (Å²) in [6.45, 7) is 0.170. The Balaban J connectivity index is 1.49. The molecular formula is C20H21N3O4S. The molecule has 1 aromatic heterocycles. The molecule has 28 heavy (non-hydrogen) atoms. The first-order valence-corrected chi connectivity index (χ1v) is 10.2. The van der Waals surface area contributed by atoms with Gasteiger partial charge in [0.05, 0.1) is 23.9 Å². The van der Waals surface area contributed by atoms with Gasteiger partial charge in [-0.3, -0.25) is 4.79 Å². The number of nitrogens with one attached hydrogen (secondary N) is 2. The molecule has 3 aromatic rings. The van der Waals surface area contributed by atoms with Crippen LogP contribution in [0.4, 0.5) is 5.69 Å². The summed E-state index contributed by atoms with van der Waals surface area (Å²) in [5, 5.41) is 4.55. The van der Waals surface area contributed by atoms with E-state index in [2.05, 4.69) is 15.0 Å². The van der Waals surface area contributed by atoms with E-state index >= 15 is 0 Å². The van der Waals surface area contributed by atoms with E-state index in [0.29, 0.717) is 18.0 Å². The number of rotatable bonds is 8. The zero-order valence-corrected chi connectivity index (χ0v) is 16.2. The quantitative estimate of drug-likeness (QED) is 0.568. The molecule has 0 aliphatic rings. The van der Waals surface area contributed by atoms with Crippen molar-refractivity contribution in [3.05, 3.63) is 60.8 Å². The van der Waals surface area contributed by atoms with E-state index in [1.54, 1.807) is 30.3 Å². The third-order valence-corrected chi connectivity index (χ3v) is 5.59. The van der Waals surface area contributed by atoms with Gasteiger partial charge in [-0.05, 0) is 35.4 Å². The van der Waals surface area contributed by atoms with Crippen LogP contribution in [0.5, 0.6) is 5.88 Å². The van der Waals surface area contributed by atoms with Crippen LogP contribution in [0, 0.1) is 0 Å². The third-order valence-electron chi connectivity index (χ3n) is 4.13. The highest BCUT2D eigenvalue weighted by Crippen LogP contribution is 2.18. The predicted molar refractivity (Wildman–Crippen MR) is 108 cm³/mol. The molecule has 2 aromatic carbocycles. The molecule has 146 valence electrons. The van der Waals surface area contributed by atoms with Gasteiger partial charge in [0, 0.05) is 19.0 Å². The van der Waals surface area contributed by atoms with Crippen LogP contribution in [0.15, 0.2) is 65.7 Å². The highest BCUT2D eigenvalue weighted by atomic mass is 32.2. The summed E-state index contributed by atoms with van der Waals surface area (Å²) in [6, 6.07) is 15.9. The maximum atomic E-state index is 12.4. The van der Waals surface area contributed by atoms with Crippen LogP contribution >= 0.6 is 0 Å². The average Bonchev–Trinajstić information content (AvgIpc) is 2.71. The maximum Gasteiger partial charge on any atom is 0.240 e. The number of anilines is 1. The highest BCUT2D eigenvalue weighted by molar-refractivity contribution is 7.89. The second-order valence-corrected chi connectivity index (χ2v) is 7.91. The number of benzene rings is 2. The smallest absolute Gasteiger partial charge is 0.240 e. The Bertz CT molecular complexity index is 1070. The van der Waals surface area contributed by atoms with Gasteiger partial charge in [0.2, 0.25) is 21.8 Å². The molecule has 0 spiro atoms. The molecule has 0 radical (unpaired) electrons. The number of hydrogen-bond acceptors (Lipinski definition) is 5. The van der Waals surface area contributed by atoms with E-state index in [4.69, 9.17) is 4.74 Å². The molecule has 2 N–H and O–H groups in total. The fourth-order valence-corrected chi connectivity index (χ4v) is 3.78. The molecule has 1 heterocycles. The van der Waals surface area contributed by atoms with Gasteiger partial charge in [0.1, 0.15) is 0 Å². The van der Waals surface area contributed by atoms with Crippen LogP contribution < -0.4 is 14.8 Å². The molecule has 0 aliphatic carbocycles. The number of pyridine rings is 1. The predicted octanol–water partition coefficient (Wildman–Crippen LogP) is 2.94. The lowest BCUT2D eigenvalue weighted by Crippen LogP contribution is -2.25. The number of amides is 1. The minimum absolute atomic E-state index is 0.170. The van der Waals surface area contributed by atoms with Crippen LogP contribution in [0.2, 0.25) is 0 Å². The van der Waals surface area contributed by atoms with Crippen molar-refractivity contribution in [2.24, 2.45) is 0 Å². The summed E-state index contributed by atoms with van der Waals surface area (Å²) >= 11 is 0. The van der Waals surface area contributed by atoms with Gasteiger partial charge in [-0.25, -0.2) is 18.1 Å². The Kier molecular flexibility index (Phi) is 6.23. The molecule has 0 saturated carbocycles. The second-order valence-electron chi connectivity index (χ2n) is 6.15. The summed E-state index contributed by atoms with van der Waals surface area (Å²) in [4.78, 5) is 16.2. The summed E-state index contributed by atoms with van der Waals surface area (Å²) in [6.07, 6.45) is 2.06. The standard InChI is InChI=1S/C20H21N3O4S/c1-27-20-11-9-17(14-21-20)23-19(24)7-4-12-22-28(25,26)18-10-8-15-5-2-3-6-16(15)13-18/h2-3,5-6,8-11,13-14,22H,4,7,12H2,1H3,(H,23,24). The van der Waals surface area contributed by atoms with E-state index in [1.165, 1.54) is 13.3 Å². The van der Waals surface area contributed by atoms with Gasteiger partial charge in [-0.2, -0.15) is 0 Å². The zero-order chi connectivity index (χ0) is 20.0. The lowest BCUT2D eigenvalue weighted by Gasteiger charge is -2.08. The number of aromatic nitrogens is 1. The molecule has 0 atom stereocenters. The molecule has 0 bridgehead atoms. The Labute approximate surface area is 163 Å². The number of carbonyl (C=O) groups excluding carboxylic acids is 1. The van der Waals surface area contributed by atoms with Crippen molar-refractivity contribution in [1.82, 2.24) is 9.71 Å². The normalized spacial score (nSPS) is 11.3. The molecule has 8 heteroatoms. The summed E-state index contributed by atoms with van der Waals surface area (Å²) in [7, 11) is -2.11. The van der Waals surface area contributed by atoms with Crippen LogP contribution in [-0.2, 0) is 14.8 Å². The lowest BCUT2D eigenvalue weighted by molar-refractivity contribution is -0.116. The minimum atomic E-state index is -3.62. The lowest BCUT2D eigenvalue weighted by atomic mass is 10.1. The molecular weight excluding hydrogens is 378 g/mol. The Morgan fingerprint density at radius 2 is 1.86 bits per heavy atom. The molecule has 0 unspecified atom stereocenters. The van der Waals surface area contributed by atoms with Crippen LogP contribution in [0.3, 0.4) is 0 Å². The summed E-state index contributed by atoms with van der Waals surface area (Å²) in [5.41, 5.74) is 0.558. The number of fused-ring (bicyclic) bond motifs is 1. The first-order valence-electron chi connectivity index (χ1n) is 8.76. The molecule has 3 rings (SSSR count). The van der Waals surface area contributed by atoms with Gasteiger partial charge in [0.25, 0.3) is 0 Å². The van der Waals surface area contributed by atoms with Gasteiger partial charge in [-0.15, -0.1) is 0 Å². The van der Waals surface area contributed by atoms with Crippen LogP contribution in [-0.4, -0.2) is 33.0 Å². The topological polar surface area (TPSA) is 97.4 Å². The Morgan fingerprint density at radius 1 is 1.07 bits per heavy atom. The van der Waals surface area contributed by atoms with Crippen molar-refractivity contribution in [3.8, 4) is 5.88 Å². The number of sulfonamides is 1. The van der Waals surface area contributed by atoms with Gasteiger partial charge in [0.15, 0.2) is 0 Å². The van der Waals surface area contributed by atoms with Crippen molar-refractivity contribution < 1.29 is 17.9 Å². The number of carbonyl (C=O) groups is 1. The van der Waals surface area contributed by atoms with E-state index in [1.807, 2.05) is 24.3 Å². The monoisotopic (exact) mass is 399 g/mol. The number of nitrogens with zero attached hydrogens (tertiary/aromatic N) is 1. The van der Waals surface area contributed by atoms with Crippen molar-refractivity contribution in [3.63, 3.8) is 0 Å². The molecule has 0 aliphatic heterocycles. The highest BCUT2D eigenvalue weighted by Gasteiger charge is 2.14. The fraction of sp³-hybridized carbons (Fsp3) is 0.200. The Hall–Kier alpha value is -2.97. The first kappa shape index (κ1) is 19.8. The van der Waals surface area contributed by atoms with Crippen molar-refractivity contribution in [2.75, 3.05) is 19.0 Å². The molecule has 0 saturated heterocycles. The van der Waals surface area contributed by atoms with E-state index < -0.39 is 10.0 Å². The fourth-order valence-electron chi connectivity index (χ4n) is 2.67. The summed E-state index contributed by atoms with van der Waals surface area (Å²) < 4.78 is 32.4. The maximum absolute atomic E-state index is 12.4. The van der Waals surface area contributed by atoms with Crippen molar-refractivity contribution in [1.29, 1.82) is 0 Å². The molecule has 1 amide bonds. The second kappa shape index (κ2) is 8.81. The van der Waals surface area contributed by atoms with E-state index in [-0.39, 0.29) is 23.8 Å². The number of hydrogen-bond donors (Lipinski definition) is 2.